The van der Waals surface area contributed by atoms with E-state index in [1.807, 2.05) is 18.2 Å². The van der Waals surface area contributed by atoms with Crippen molar-refractivity contribution in [3.8, 4) is 5.75 Å². The Kier molecular flexibility index (Phi) is 6.93. The van der Waals surface area contributed by atoms with Gasteiger partial charge in [0, 0.05) is 12.2 Å². The van der Waals surface area contributed by atoms with Gasteiger partial charge in [-0.2, -0.15) is 12.6 Å². The lowest BCUT2D eigenvalue weighted by Crippen LogP contribution is -2.31. The first-order valence-electron chi connectivity index (χ1n) is 6.26. The number of para-hydroxylation sites is 1. The summed E-state index contributed by atoms with van der Waals surface area (Å²) in [6, 6.07) is 9.03. The minimum atomic E-state index is -1.20. The summed E-state index contributed by atoms with van der Waals surface area (Å²) >= 11 is 3.97. The van der Waals surface area contributed by atoms with Crippen LogP contribution >= 0.6 is 12.6 Å². The molecule has 0 aliphatic carbocycles. The second-order valence-corrected chi connectivity index (χ2v) is 4.66. The average molecular weight is 298 g/mol. The first-order chi connectivity index (χ1) is 9.54. The Bertz CT molecular complexity index is 434. The first-order valence-corrected chi connectivity index (χ1v) is 6.90. The number of esters is 1. The number of carbonyl (C=O) groups excluding carboxylic acids is 1. The van der Waals surface area contributed by atoms with Crippen LogP contribution in [0.15, 0.2) is 30.3 Å². The number of carboxylic acid groups (broad SMARTS) is 1. The molecule has 1 N–H and O–H groups in total. The number of ether oxygens (including phenoxy) is 2. The Morgan fingerprint density at radius 1 is 1.30 bits per heavy atom. The average Bonchev–Trinajstić information content (AvgIpc) is 2.46. The number of carbonyl (C=O) groups is 2. The monoisotopic (exact) mass is 298 g/mol. The van der Waals surface area contributed by atoms with Crippen molar-refractivity contribution in [1.29, 1.82) is 0 Å². The van der Waals surface area contributed by atoms with Crippen LogP contribution in [0.3, 0.4) is 0 Å². The van der Waals surface area contributed by atoms with Gasteiger partial charge in [-0.25, -0.2) is 4.79 Å². The van der Waals surface area contributed by atoms with Crippen LogP contribution in [0.25, 0.3) is 0 Å². The fourth-order valence-corrected chi connectivity index (χ4v) is 1.51. The number of rotatable bonds is 8. The van der Waals surface area contributed by atoms with Crippen molar-refractivity contribution in [1.82, 2.24) is 0 Å². The number of hydrogen-bond donors (Lipinski definition) is 2. The van der Waals surface area contributed by atoms with Gasteiger partial charge in [-0.05, 0) is 12.1 Å². The van der Waals surface area contributed by atoms with Gasteiger partial charge in [0.25, 0.3) is 0 Å². The maximum atomic E-state index is 11.5. The molecule has 0 spiro atoms. The molecule has 0 saturated carbocycles. The molecule has 0 aliphatic heterocycles. The van der Waals surface area contributed by atoms with Gasteiger partial charge in [-0.15, -0.1) is 0 Å². The number of thiol groups is 1. The Morgan fingerprint density at radius 2 is 1.95 bits per heavy atom. The van der Waals surface area contributed by atoms with E-state index in [0.29, 0.717) is 11.5 Å². The zero-order valence-electron chi connectivity index (χ0n) is 11.2. The van der Waals surface area contributed by atoms with Crippen molar-refractivity contribution in [2.45, 2.75) is 19.4 Å². The van der Waals surface area contributed by atoms with Gasteiger partial charge in [0.05, 0.1) is 12.5 Å². The van der Waals surface area contributed by atoms with Gasteiger partial charge >= 0.3 is 11.9 Å². The topological polar surface area (TPSA) is 72.8 Å². The van der Waals surface area contributed by atoms with Gasteiger partial charge in [0.2, 0.25) is 6.10 Å². The lowest BCUT2D eigenvalue weighted by atomic mass is 10.2. The number of carboxylic acids is 1. The van der Waals surface area contributed by atoms with E-state index in [1.54, 1.807) is 19.1 Å². The quantitative estimate of drug-likeness (QED) is 0.567. The summed E-state index contributed by atoms with van der Waals surface area (Å²) in [4.78, 5) is 22.6. The Hall–Kier alpha value is -1.69. The van der Waals surface area contributed by atoms with Crippen LogP contribution in [0.5, 0.6) is 5.75 Å². The van der Waals surface area contributed by atoms with E-state index < -0.39 is 24.0 Å². The summed E-state index contributed by atoms with van der Waals surface area (Å²) in [5, 5.41) is 9.02. The van der Waals surface area contributed by atoms with E-state index in [0.717, 1.165) is 0 Å². The van der Waals surface area contributed by atoms with E-state index in [4.69, 9.17) is 14.6 Å². The standard InChI is InChI=1S/C14H18O5S/c1-10(9-20)14(17)19-12(13(15)16)7-8-18-11-5-3-2-4-6-11/h2-6,10,12,20H,7-9H2,1H3,(H,15,16)/t10-,12+/m1/s1. The summed E-state index contributed by atoms with van der Waals surface area (Å²) in [5.74, 6) is -1.22. The van der Waals surface area contributed by atoms with E-state index >= 15 is 0 Å². The highest BCUT2D eigenvalue weighted by Gasteiger charge is 2.24. The maximum absolute atomic E-state index is 11.5. The summed E-state index contributed by atoms with van der Waals surface area (Å²) in [5.41, 5.74) is 0. The Morgan fingerprint density at radius 3 is 2.50 bits per heavy atom. The SMILES string of the molecule is C[C@H](CS)C(=O)O[C@@H](CCOc1ccccc1)C(=O)O. The van der Waals surface area contributed by atoms with Gasteiger partial charge in [-0.1, -0.05) is 25.1 Å². The van der Waals surface area contributed by atoms with Crippen LogP contribution in [0.2, 0.25) is 0 Å². The molecule has 6 heteroatoms. The van der Waals surface area contributed by atoms with Crippen molar-refractivity contribution in [2.75, 3.05) is 12.4 Å². The molecule has 20 heavy (non-hydrogen) atoms. The second kappa shape index (κ2) is 8.47. The fourth-order valence-electron chi connectivity index (χ4n) is 1.36. The van der Waals surface area contributed by atoms with Crippen molar-refractivity contribution >= 4 is 24.6 Å². The highest BCUT2D eigenvalue weighted by Crippen LogP contribution is 2.11. The molecule has 0 fully saturated rings. The Labute approximate surface area is 123 Å². The van der Waals surface area contributed by atoms with Gasteiger partial charge in [0.15, 0.2) is 0 Å². The second-order valence-electron chi connectivity index (χ2n) is 4.30. The first kappa shape index (κ1) is 16.4. The number of hydrogen-bond acceptors (Lipinski definition) is 5. The predicted molar refractivity (Wildman–Crippen MR) is 77.1 cm³/mol. The van der Waals surface area contributed by atoms with Crippen LogP contribution in [0.1, 0.15) is 13.3 Å². The van der Waals surface area contributed by atoms with Gasteiger partial charge in [-0.3, -0.25) is 4.79 Å². The lowest BCUT2D eigenvalue weighted by Gasteiger charge is -2.16. The largest absolute Gasteiger partial charge is 0.493 e. The third kappa shape index (κ3) is 5.52. The summed E-state index contributed by atoms with van der Waals surface area (Å²) in [6.07, 6.45) is -1.11. The lowest BCUT2D eigenvalue weighted by molar-refractivity contribution is -0.166. The minimum Gasteiger partial charge on any atom is -0.493 e. The van der Waals surface area contributed by atoms with Crippen molar-refractivity contribution in [3.05, 3.63) is 30.3 Å². The Balaban J connectivity index is 2.43. The molecule has 2 atom stereocenters. The summed E-state index contributed by atoms with van der Waals surface area (Å²) in [6.45, 7) is 1.79. The highest BCUT2D eigenvalue weighted by molar-refractivity contribution is 7.80. The van der Waals surface area contributed by atoms with E-state index in [9.17, 15) is 9.59 Å². The van der Waals surface area contributed by atoms with Crippen LogP contribution in [0, 0.1) is 5.92 Å². The molecule has 0 bridgehead atoms. The zero-order valence-corrected chi connectivity index (χ0v) is 12.1. The van der Waals surface area contributed by atoms with Crippen LogP contribution in [-0.4, -0.2) is 35.5 Å². The summed E-state index contributed by atoms with van der Waals surface area (Å²) in [7, 11) is 0. The molecule has 0 unspecified atom stereocenters. The molecular formula is C14H18O5S. The normalized spacial score (nSPS) is 13.3. The molecule has 1 rings (SSSR count). The van der Waals surface area contributed by atoms with Gasteiger partial charge in [0.1, 0.15) is 5.75 Å². The maximum Gasteiger partial charge on any atom is 0.345 e. The van der Waals surface area contributed by atoms with Crippen molar-refractivity contribution < 1.29 is 24.2 Å². The zero-order chi connectivity index (χ0) is 15.0. The predicted octanol–water partition coefficient (Wildman–Crippen LogP) is 2.02. The minimum absolute atomic E-state index is 0.0925. The molecule has 0 heterocycles. The molecule has 0 saturated heterocycles. The number of benzene rings is 1. The molecule has 0 aliphatic rings. The van der Waals surface area contributed by atoms with Crippen LogP contribution < -0.4 is 4.74 Å². The van der Waals surface area contributed by atoms with Gasteiger partial charge < -0.3 is 14.6 Å². The number of aliphatic carboxylic acids is 1. The van der Waals surface area contributed by atoms with Crippen LogP contribution in [-0.2, 0) is 14.3 Å². The molecule has 5 nitrogen and oxygen atoms in total. The van der Waals surface area contributed by atoms with E-state index in [2.05, 4.69) is 12.6 Å². The van der Waals surface area contributed by atoms with Crippen LogP contribution in [0.4, 0.5) is 0 Å². The summed E-state index contributed by atoms with van der Waals surface area (Å²) < 4.78 is 10.3. The smallest absolute Gasteiger partial charge is 0.345 e. The molecule has 110 valence electrons. The molecule has 1 aromatic rings. The third-order valence-corrected chi connectivity index (χ3v) is 3.15. The highest BCUT2D eigenvalue weighted by atomic mass is 32.1. The molecular weight excluding hydrogens is 280 g/mol. The molecule has 1 aromatic carbocycles. The van der Waals surface area contributed by atoms with E-state index in [1.165, 1.54) is 0 Å². The molecule has 0 radical (unpaired) electrons. The molecule has 0 aromatic heterocycles. The molecule has 0 amide bonds. The fraction of sp³-hybridized carbons (Fsp3) is 0.429. The third-order valence-electron chi connectivity index (χ3n) is 2.60. The van der Waals surface area contributed by atoms with E-state index in [-0.39, 0.29) is 13.0 Å². The van der Waals surface area contributed by atoms with Crippen molar-refractivity contribution in [2.24, 2.45) is 5.92 Å². The van der Waals surface area contributed by atoms with Crippen molar-refractivity contribution in [3.63, 3.8) is 0 Å².